The van der Waals surface area contributed by atoms with Crippen LogP contribution in [0.3, 0.4) is 0 Å². The molecule has 1 N–H and O–H groups in total. The van der Waals surface area contributed by atoms with Crippen molar-refractivity contribution < 1.29 is 9.47 Å². The van der Waals surface area contributed by atoms with Crippen molar-refractivity contribution in [2.75, 3.05) is 18.6 Å². The molecule has 0 aliphatic carbocycles. The van der Waals surface area contributed by atoms with Crippen LogP contribution < -0.4 is 19.7 Å². The first-order valence-electron chi connectivity index (χ1n) is 12.1. The zero-order valence-electron chi connectivity index (χ0n) is 20.9. The maximum atomic E-state index is 5.90. The van der Waals surface area contributed by atoms with E-state index in [1.165, 1.54) is 5.56 Å². The Hall–Kier alpha value is -3.84. The average Bonchev–Trinajstić information content (AvgIpc) is 3.40. The summed E-state index contributed by atoms with van der Waals surface area (Å²) in [5, 5.41) is 4.23. The van der Waals surface area contributed by atoms with Crippen molar-refractivity contribution in [1.29, 1.82) is 0 Å². The normalized spacial score (nSPS) is 17.2. The van der Waals surface area contributed by atoms with E-state index < -0.39 is 0 Å². The topological polar surface area (TPSA) is 51.5 Å². The van der Waals surface area contributed by atoms with E-state index in [1.54, 1.807) is 7.11 Å². The molecule has 1 saturated heterocycles. The summed E-state index contributed by atoms with van der Waals surface area (Å²) in [5.41, 5.74) is 6.49. The number of benzene rings is 2. The van der Waals surface area contributed by atoms with Gasteiger partial charge in [0.05, 0.1) is 31.5 Å². The molecule has 2 unspecified atom stereocenters. The fourth-order valence-electron chi connectivity index (χ4n) is 5.05. The Balaban J connectivity index is 1.64. The van der Waals surface area contributed by atoms with Crippen LogP contribution >= 0.6 is 12.2 Å². The molecule has 36 heavy (non-hydrogen) atoms. The Morgan fingerprint density at radius 1 is 0.944 bits per heavy atom. The van der Waals surface area contributed by atoms with Crippen molar-refractivity contribution >= 4 is 23.0 Å². The molecule has 0 spiro atoms. The average molecular weight is 499 g/mol. The number of rotatable bonds is 7. The minimum Gasteiger partial charge on any atom is -0.497 e. The van der Waals surface area contributed by atoms with Crippen LogP contribution in [0, 0.1) is 13.8 Å². The molecule has 1 aliphatic rings. The molecule has 4 aromatic rings. The van der Waals surface area contributed by atoms with E-state index in [1.807, 2.05) is 49.5 Å². The van der Waals surface area contributed by atoms with E-state index in [9.17, 15) is 0 Å². The fourth-order valence-corrected chi connectivity index (χ4v) is 5.40. The molecule has 2 atom stereocenters. The summed E-state index contributed by atoms with van der Waals surface area (Å²) < 4.78 is 13.4. The SMILES string of the molecule is CCOc1ccc(N2C(=S)NC(c3ccccn3)C2c2cc(C)n(-c3cccc(OC)c3)c2C)cc1. The van der Waals surface area contributed by atoms with Crippen molar-refractivity contribution in [3.63, 3.8) is 0 Å². The molecular formula is C29H30N4O2S. The standard InChI is InChI=1S/C29H30N4O2S/c1-5-35-23-14-12-21(13-15-23)33-28(27(31-29(33)36)26-11-6-7-16-30-26)25-17-19(2)32(20(25)3)22-9-8-10-24(18-22)34-4/h6-18,27-28H,5H2,1-4H3,(H,31,36). The van der Waals surface area contributed by atoms with Gasteiger partial charge in [0.2, 0.25) is 0 Å². The summed E-state index contributed by atoms with van der Waals surface area (Å²) in [4.78, 5) is 6.88. The highest BCUT2D eigenvalue weighted by Gasteiger charge is 2.42. The minimum absolute atomic E-state index is 0.0871. The van der Waals surface area contributed by atoms with Crippen molar-refractivity contribution in [3.05, 3.63) is 102 Å². The third-order valence-electron chi connectivity index (χ3n) is 6.62. The number of thiocarbonyl (C=S) groups is 1. The van der Waals surface area contributed by atoms with E-state index >= 15 is 0 Å². The van der Waals surface area contributed by atoms with Crippen molar-refractivity contribution in [2.45, 2.75) is 32.9 Å². The van der Waals surface area contributed by atoms with Gasteiger partial charge in [0.15, 0.2) is 5.11 Å². The first kappa shape index (κ1) is 23.9. The quantitative estimate of drug-likeness (QED) is 0.312. The number of methoxy groups -OCH3 is 1. The summed E-state index contributed by atoms with van der Waals surface area (Å²) >= 11 is 5.90. The number of hydrogen-bond acceptors (Lipinski definition) is 4. The van der Waals surface area contributed by atoms with E-state index in [-0.39, 0.29) is 12.1 Å². The minimum atomic E-state index is -0.107. The Kier molecular flexibility index (Phi) is 6.65. The molecule has 2 aromatic carbocycles. The van der Waals surface area contributed by atoms with Crippen LogP contribution in [0.15, 0.2) is 79.0 Å². The van der Waals surface area contributed by atoms with Gasteiger partial charge in [-0.05, 0) is 93.1 Å². The molecular weight excluding hydrogens is 468 g/mol. The zero-order chi connectivity index (χ0) is 25.2. The van der Waals surface area contributed by atoms with Crippen LogP contribution in [0.5, 0.6) is 11.5 Å². The van der Waals surface area contributed by atoms with Crippen LogP contribution in [0.1, 0.15) is 41.7 Å². The van der Waals surface area contributed by atoms with Gasteiger partial charge in [0, 0.05) is 35.0 Å². The van der Waals surface area contributed by atoms with E-state index in [0.29, 0.717) is 11.7 Å². The highest BCUT2D eigenvalue weighted by Crippen LogP contribution is 2.44. The second kappa shape index (κ2) is 10.0. The van der Waals surface area contributed by atoms with Crippen molar-refractivity contribution in [2.24, 2.45) is 0 Å². The molecule has 184 valence electrons. The predicted molar refractivity (Wildman–Crippen MR) is 147 cm³/mol. The Bertz CT molecular complexity index is 1370. The molecule has 5 rings (SSSR count). The lowest BCUT2D eigenvalue weighted by Gasteiger charge is -2.28. The molecule has 0 radical (unpaired) electrons. The smallest absolute Gasteiger partial charge is 0.174 e. The highest BCUT2D eigenvalue weighted by atomic mass is 32.1. The molecule has 1 aliphatic heterocycles. The maximum absolute atomic E-state index is 5.90. The van der Waals surface area contributed by atoms with Gasteiger partial charge in [-0.25, -0.2) is 0 Å². The van der Waals surface area contributed by atoms with Gasteiger partial charge >= 0.3 is 0 Å². The third-order valence-corrected chi connectivity index (χ3v) is 6.94. The van der Waals surface area contributed by atoms with Gasteiger partial charge in [0.25, 0.3) is 0 Å². The first-order chi connectivity index (χ1) is 17.5. The lowest BCUT2D eigenvalue weighted by molar-refractivity contribution is 0.340. The number of nitrogens with one attached hydrogen (secondary N) is 1. The van der Waals surface area contributed by atoms with Crippen LogP contribution in [0.2, 0.25) is 0 Å². The summed E-state index contributed by atoms with van der Waals surface area (Å²) in [6, 6.07) is 24.3. The van der Waals surface area contributed by atoms with Gasteiger partial charge in [-0.15, -0.1) is 0 Å². The van der Waals surface area contributed by atoms with Gasteiger partial charge in [-0.3, -0.25) is 4.98 Å². The number of nitrogens with zero attached hydrogens (tertiary/aromatic N) is 3. The number of anilines is 1. The number of pyridine rings is 1. The second-order valence-electron chi connectivity index (χ2n) is 8.79. The lowest BCUT2D eigenvalue weighted by atomic mass is 9.96. The summed E-state index contributed by atoms with van der Waals surface area (Å²) in [6.07, 6.45) is 1.83. The Morgan fingerprint density at radius 2 is 1.75 bits per heavy atom. The van der Waals surface area contributed by atoms with Crippen LogP contribution in [-0.4, -0.2) is 28.4 Å². The largest absolute Gasteiger partial charge is 0.497 e. The van der Waals surface area contributed by atoms with Gasteiger partial charge < -0.3 is 24.3 Å². The number of aromatic nitrogens is 2. The van der Waals surface area contributed by atoms with E-state index in [0.717, 1.165) is 40.0 Å². The molecule has 0 amide bonds. The monoisotopic (exact) mass is 498 g/mol. The Labute approximate surface area is 217 Å². The van der Waals surface area contributed by atoms with Gasteiger partial charge in [-0.1, -0.05) is 12.1 Å². The maximum Gasteiger partial charge on any atom is 0.174 e. The van der Waals surface area contributed by atoms with Crippen LogP contribution in [-0.2, 0) is 0 Å². The van der Waals surface area contributed by atoms with Crippen LogP contribution in [0.25, 0.3) is 5.69 Å². The molecule has 0 saturated carbocycles. The molecule has 2 aromatic heterocycles. The number of ether oxygens (including phenoxy) is 2. The van der Waals surface area contributed by atoms with Crippen molar-refractivity contribution in [3.8, 4) is 17.2 Å². The first-order valence-corrected chi connectivity index (χ1v) is 12.5. The van der Waals surface area contributed by atoms with Crippen molar-refractivity contribution in [1.82, 2.24) is 14.9 Å². The van der Waals surface area contributed by atoms with Gasteiger partial charge in [-0.2, -0.15) is 0 Å². The molecule has 7 heteroatoms. The summed E-state index contributed by atoms with van der Waals surface area (Å²) in [7, 11) is 1.69. The molecule has 0 bridgehead atoms. The molecule has 1 fully saturated rings. The van der Waals surface area contributed by atoms with E-state index in [2.05, 4.69) is 70.0 Å². The van der Waals surface area contributed by atoms with Gasteiger partial charge in [0.1, 0.15) is 11.5 Å². The third kappa shape index (κ3) is 4.31. The second-order valence-corrected chi connectivity index (χ2v) is 9.17. The van der Waals surface area contributed by atoms with E-state index in [4.69, 9.17) is 21.7 Å². The highest BCUT2D eigenvalue weighted by molar-refractivity contribution is 7.80. The number of aryl methyl sites for hydroxylation is 1. The zero-order valence-corrected chi connectivity index (χ0v) is 21.8. The molecule has 6 nitrogen and oxygen atoms in total. The summed E-state index contributed by atoms with van der Waals surface area (Å²) in [6.45, 7) is 6.91. The molecule has 3 heterocycles. The predicted octanol–water partition coefficient (Wildman–Crippen LogP) is 6.07. The fraction of sp³-hybridized carbons (Fsp3) is 0.241. The lowest BCUT2D eigenvalue weighted by Crippen LogP contribution is -2.29. The van der Waals surface area contributed by atoms with Crippen LogP contribution in [0.4, 0.5) is 5.69 Å². The Morgan fingerprint density at radius 3 is 2.44 bits per heavy atom. The summed E-state index contributed by atoms with van der Waals surface area (Å²) in [5.74, 6) is 1.67. The number of hydrogen-bond donors (Lipinski definition) is 1.